The zero-order valence-corrected chi connectivity index (χ0v) is 11.4. The fourth-order valence-electron chi connectivity index (χ4n) is 2.14. The first-order valence-corrected chi connectivity index (χ1v) is 6.30. The third-order valence-corrected chi connectivity index (χ3v) is 3.26. The largest absolute Gasteiger partial charge is 0.386 e. The van der Waals surface area contributed by atoms with Gasteiger partial charge in [0.05, 0.1) is 17.5 Å². The number of hydrogen-bond donors (Lipinski definition) is 1. The van der Waals surface area contributed by atoms with Gasteiger partial charge in [-0.25, -0.2) is 4.68 Å². The highest BCUT2D eigenvalue weighted by molar-refractivity contribution is 5.38. The molecule has 1 N–H and O–H groups in total. The normalized spacial score (nSPS) is 11.8. The highest BCUT2D eigenvalue weighted by atomic mass is 16.3. The molecule has 0 radical (unpaired) electrons. The Bertz CT molecular complexity index is 533. The van der Waals surface area contributed by atoms with E-state index in [0.29, 0.717) is 0 Å². The van der Waals surface area contributed by atoms with Crippen molar-refractivity contribution in [1.82, 2.24) is 9.78 Å². The van der Waals surface area contributed by atoms with Crippen LogP contribution in [0.25, 0.3) is 5.69 Å². The summed E-state index contributed by atoms with van der Waals surface area (Å²) in [6, 6.07) is 8.35. The lowest BCUT2D eigenvalue weighted by Crippen LogP contribution is -2.16. The van der Waals surface area contributed by atoms with Crippen LogP contribution < -0.4 is 0 Å². The number of aromatic nitrogens is 2. The zero-order chi connectivity index (χ0) is 13.3. The molecule has 1 aromatic carbocycles. The van der Waals surface area contributed by atoms with E-state index in [2.05, 4.69) is 36.3 Å². The van der Waals surface area contributed by atoms with Crippen molar-refractivity contribution in [3.63, 3.8) is 0 Å². The van der Waals surface area contributed by atoms with Gasteiger partial charge in [0, 0.05) is 11.3 Å². The second-order valence-electron chi connectivity index (χ2n) is 5.13. The first-order valence-electron chi connectivity index (χ1n) is 6.30. The summed E-state index contributed by atoms with van der Waals surface area (Å²) < 4.78 is 1.87. The highest BCUT2D eigenvalue weighted by Gasteiger charge is 2.22. The molecule has 18 heavy (non-hydrogen) atoms. The molecule has 96 valence electrons. The van der Waals surface area contributed by atoms with E-state index in [1.165, 1.54) is 5.56 Å². The molecule has 0 aliphatic rings. The SMILES string of the molecule is CCc1ccc(-n2ncc(C(C)(C)O)c2C)cc1. The number of aliphatic hydroxyl groups is 1. The Balaban J connectivity index is 2.42. The Hall–Kier alpha value is -1.61. The van der Waals surface area contributed by atoms with E-state index in [1.54, 1.807) is 20.0 Å². The molecule has 0 atom stereocenters. The molecule has 0 spiro atoms. The van der Waals surface area contributed by atoms with Crippen LogP contribution in [-0.4, -0.2) is 14.9 Å². The third kappa shape index (κ3) is 2.31. The molecule has 0 saturated carbocycles. The Morgan fingerprint density at radius 3 is 2.28 bits per heavy atom. The molecule has 1 heterocycles. The van der Waals surface area contributed by atoms with E-state index < -0.39 is 5.60 Å². The van der Waals surface area contributed by atoms with Gasteiger partial charge >= 0.3 is 0 Å². The summed E-state index contributed by atoms with van der Waals surface area (Å²) in [5.74, 6) is 0. The lowest BCUT2D eigenvalue weighted by molar-refractivity contribution is 0.0779. The van der Waals surface area contributed by atoms with E-state index in [9.17, 15) is 5.11 Å². The zero-order valence-electron chi connectivity index (χ0n) is 11.4. The van der Waals surface area contributed by atoms with Crippen LogP contribution >= 0.6 is 0 Å². The minimum atomic E-state index is -0.855. The highest BCUT2D eigenvalue weighted by Crippen LogP contribution is 2.24. The minimum Gasteiger partial charge on any atom is -0.386 e. The summed E-state index contributed by atoms with van der Waals surface area (Å²) in [6.07, 6.45) is 2.77. The van der Waals surface area contributed by atoms with Crippen LogP contribution in [0.2, 0.25) is 0 Å². The molecule has 2 aromatic rings. The third-order valence-electron chi connectivity index (χ3n) is 3.26. The lowest BCUT2D eigenvalue weighted by Gasteiger charge is -2.16. The molecule has 0 fully saturated rings. The van der Waals surface area contributed by atoms with Crippen LogP contribution in [0.1, 0.15) is 37.6 Å². The second kappa shape index (κ2) is 4.58. The number of benzene rings is 1. The minimum absolute atomic E-state index is 0.855. The topological polar surface area (TPSA) is 38.0 Å². The average Bonchev–Trinajstić information content (AvgIpc) is 2.71. The summed E-state index contributed by atoms with van der Waals surface area (Å²) >= 11 is 0. The summed E-state index contributed by atoms with van der Waals surface area (Å²) in [6.45, 7) is 7.68. The molecule has 0 amide bonds. The van der Waals surface area contributed by atoms with Crippen molar-refractivity contribution in [1.29, 1.82) is 0 Å². The van der Waals surface area contributed by atoms with E-state index in [1.807, 2.05) is 11.6 Å². The van der Waals surface area contributed by atoms with Crippen LogP contribution in [0, 0.1) is 6.92 Å². The Morgan fingerprint density at radius 1 is 1.22 bits per heavy atom. The molecule has 0 aliphatic heterocycles. The second-order valence-corrected chi connectivity index (χ2v) is 5.13. The van der Waals surface area contributed by atoms with Crippen molar-refractivity contribution in [3.05, 3.63) is 47.3 Å². The predicted molar refractivity (Wildman–Crippen MR) is 72.9 cm³/mol. The van der Waals surface area contributed by atoms with Gasteiger partial charge < -0.3 is 5.11 Å². The summed E-state index contributed by atoms with van der Waals surface area (Å²) in [5, 5.41) is 14.4. The first-order chi connectivity index (χ1) is 8.43. The van der Waals surface area contributed by atoms with Crippen molar-refractivity contribution < 1.29 is 5.11 Å². The fraction of sp³-hybridized carbons (Fsp3) is 0.400. The molecule has 3 nitrogen and oxygen atoms in total. The average molecular weight is 244 g/mol. The quantitative estimate of drug-likeness (QED) is 0.901. The van der Waals surface area contributed by atoms with Crippen LogP contribution in [0.15, 0.2) is 30.5 Å². The molecular formula is C15H20N2O. The Kier molecular flexibility index (Phi) is 3.26. The van der Waals surface area contributed by atoms with Crippen LogP contribution in [0.3, 0.4) is 0 Å². The number of rotatable bonds is 3. The van der Waals surface area contributed by atoms with Crippen molar-refractivity contribution >= 4 is 0 Å². The summed E-state index contributed by atoms with van der Waals surface area (Å²) in [7, 11) is 0. The fourth-order valence-corrected chi connectivity index (χ4v) is 2.14. The number of nitrogens with zero attached hydrogens (tertiary/aromatic N) is 2. The predicted octanol–water partition coefficient (Wildman–Crippen LogP) is 2.97. The molecular weight excluding hydrogens is 224 g/mol. The van der Waals surface area contributed by atoms with Crippen LogP contribution in [0.5, 0.6) is 0 Å². The van der Waals surface area contributed by atoms with Gasteiger partial charge in [0.25, 0.3) is 0 Å². The Morgan fingerprint density at radius 2 is 1.83 bits per heavy atom. The van der Waals surface area contributed by atoms with E-state index >= 15 is 0 Å². The maximum Gasteiger partial charge on any atom is 0.0873 e. The Labute approximate surface area is 108 Å². The van der Waals surface area contributed by atoms with Gasteiger partial charge in [0.1, 0.15) is 0 Å². The van der Waals surface area contributed by atoms with E-state index in [4.69, 9.17) is 0 Å². The lowest BCUT2D eigenvalue weighted by atomic mass is 10.00. The van der Waals surface area contributed by atoms with Gasteiger partial charge in [0.15, 0.2) is 0 Å². The standard InChI is InChI=1S/C15H20N2O/c1-5-12-6-8-13(9-7-12)17-11(2)14(10-16-17)15(3,4)18/h6-10,18H,5H2,1-4H3. The molecule has 0 unspecified atom stereocenters. The molecule has 2 rings (SSSR count). The molecule has 0 bridgehead atoms. The van der Waals surface area contributed by atoms with E-state index in [-0.39, 0.29) is 0 Å². The molecule has 0 aliphatic carbocycles. The van der Waals surface area contributed by atoms with Gasteiger partial charge in [-0.05, 0) is 44.9 Å². The summed E-state index contributed by atoms with van der Waals surface area (Å²) in [4.78, 5) is 0. The molecule has 3 heteroatoms. The van der Waals surface area contributed by atoms with Crippen LogP contribution in [-0.2, 0) is 12.0 Å². The van der Waals surface area contributed by atoms with Crippen molar-refractivity contribution in [2.75, 3.05) is 0 Å². The van der Waals surface area contributed by atoms with Crippen molar-refractivity contribution in [2.24, 2.45) is 0 Å². The molecule has 1 aromatic heterocycles. The first kappa shape index (κ1) is 12.8. The maximum absolute atomic E-state index is 10.1. The number of hydrogen-bond acceptors (Lipinski definition) is 2. The van der Waals surface area contributed by atoms with Gasteiger partial charge in [-0.1, -0.05) is 19.1 Å². The summed E-state index contributed by atoms with van der Waals surface area (Å²) in [5.41, 5.74) is 3.33. The van der Waals surface area contributed by atoms with Crippen molar-refractivity contribution in [3.8, 4) is 5.69 Å². The van der Waals surface area contributed by atoms with Crippen LogP contribution in [0.4, 0.5) is 0 Å². The van der Waals surface area contributed by atoms with E-state index in [0.717, 1.165) is 23.4 Å². The van der Waals surface area contributed by atoms with Gasteiger partial charge in [-0.15, -0.1) is 0 Å². The molecule has 0 saturated heterocycles. The smallest absolute Gasteiger partial charge is 0.0873 e. The maximum atomic E-state index is 10.1. The van der Waals surface area contributed by atoms with Crippen molar-refractivity contribution in [2.45, 2.75) is 39.7 Å². The van der Waals surface area contributed by atoms with Gasteiger partial charge in [-0.3, -0.25) is 0 Å². The van der Waals surface area contributed by atoms with Gasteiger partial charge in [-0.2, -0.15) is 5.10 Å². The monoisotopic (exact) mass is 244 g/mol. The van der Waals surface area contributed by atoms with Gasteiger partial charge in [0.2, 0.25) is 0 Å². The number of aryl methyl sites for hydroxylation is 1.